The van der Waals surface area contributed by atoms with E-state index in [2.05, 4.69) is 10.2 Å². The van der Waals surface area contributed by atoms with Gasteiger partial charge in [-0.15, -0.1) is 0 Å². The normalized spacial score (nSPS) is 14.5. The van der Waals surface area contributed by atoms with E-state index in [-0.39, 0.29) is 12.5 Å². The van der Waals surface area contributed by atoms with Crippen LogP contribution in [0, 0.1) is 0 Å². The molecular weight excluding hydrogens is 356 g/mol. The highest BCUT2D eigenvalue weighted by Crippen LogP contribution is 2.12. The zero-order valence-corrected chi connectivity index (χ0v) is 15.8. The fourth-order valence-corrected chi connectivity index (χ4v) is 3.12. The van der Waals surface area contributed by atoms with Crippen LogP contribution in [0.4, 0.5) is 10.5 Å². The van der Waals surface area contributed by atoms with Gasteiger partial charge in [-0.2, -0.15) is 0 Å². The summed E-state index contributed by atoms with van der Waals surface area (Å²) in [5.41, 5.74) is 7.93. The van der Waals surface area contributed by atoms with E-state index in [9.17, 15) is 9.59 Å². The highest BCUT2D eigenvalue weighted by molar-refractivity contribution is 5.95. The van der Waals surface area contributed by atoms with Crippen molar-refractivity contribution in [3.8, 4) is 0 Å². The molecule has 1 heterocycles. The minimum atomic E-state index is -0.417. The number of piperazine rings is 1. The third kappa shape index (κ3) is 5.72. The van der Waals surface area contributed by atoms with Crippen molar-refractivity contribution in [2.45, 2.75) is 6.61 Å². The van der Waals surface area contributed by atoms with Crippen LogP contribution in [0.2, 0.25) is 0 Å². The van der Waals surface area contributed by atoms with Crippen LogP contribution in [0.15, 0.2) is 54.6 Å². The Morgan fingerprint density at radius 1 is 1.00 bits per heavy atom. The quantitative estimate of drug-likeness (QED) is 0.746. The number of nitrogens with one attached hydrogen (secondary N) is 1. The molecule has 7 heteroatoms. The van der Waals surface area contributed by atoms with Gasteiger partial charge in [-0.3, -0.25) is 9.69 Å². The van der Waals surface area contributed by atoms with Crippen LogP contribution in [-0.2, 0) is 11.3 Å². The smallest absolute Gasteiger partial charge is 0.407 e. The average Bonchev–Trinajstić information content (AvgIpc) is 2.73. The van der Waals surface area contributed by atoms with Gasteiger partial charge in [0.05, 0.1) is 0 Å². The van der Waals surface area contributed by atoms with Gasteiger partial charge in [-0.05, 0) is 23.8 Å². The van der Waals surface area contributed by atoms with Gasteiger partial charge in [0.1, 0.15) is 6.61 Å². The van der Waals surface area contributed by atoms with Gasteiger partial charge in [0.2, 0.25) is 0 Å². The van der Waals surface area contributed by atoms with Crippen molar-refractivity contribution in [2.24, 2.45) is 0 Å². The number of hydrogen-bond acceptors (Lipinski definition) is 5. The molecule has 28 heavy (non-hydrogen) atoms. The molecule has 0 saturated carbocycles. The van der Waals surface area contributed by atoms with Gasteiger partial charge < -0.3 is 20.7 Å². The molecular formula is C21H26N4O3. The second kappa shape index (κ2) is 9.75. The van der Waals surface area contributed by atoms with Crippen LogP contribution in [0.1, 0.15) is 15.9 Å². The molecule has 0 atom stereocenters. The summed E-state index contributed by atoms with van der Waals surface area (Å²) < 4.78 is 5.19. The van der Waals surface area contributed by atoms with Crippen LogP contribution in [-0.4, -0.2) is 61.1 Å². The Balaban J connectivity index is 1.33. The first-order chi connectivity index (χ1) is 13.6. The minimum Gasteiger partial charge on any atom is -0.445 e. The third-order valence-electron chi connectivity index (χ3n) is 4.70. The summed E-state index contributed by atoms with van der Waals surface area (Å²) >= 11 is 0. The van der Waals surface area contributed by atoms with Crippen LogP contribution in [0.5, 0.6) is 0 Å². The molecule has 3 rings (SSSR count). The predicted molar refractivity (Wildman–Crippen MR) is 108 cm³/mol. The Kier molecular flexibility index (Phi) is 6.86. The van der Waals surface area contributed by atoms with Crippen LogP contribution >= 0.6 is 0 Å². The second-order valence-electron chi connectivity index (χ2n) is 6.75. The van der Waals surface area contributed by atoms with E-state index in [0.717, 1.165) is 25.2 Å². The fraction of sp³-hybridized carbons (Fsp3) is 0.333. The first kappa shape index (κ1) is 19.7. The van der Waals surface area contributed by atoms with Crippen LogP contribution in [0.25, 0.3) is 0 Å². The Morgan fingerprint density at radius 3 is 2.46 bits per heavy atom. The molecule has 1 fully saturated rings. The van der Waals surface area contributed by atoms with Gasteiger partial charge in [-0.1, -0.05) is 36.4 Å². The third-order valence-corrected chi connectivity index (χ3v) is 4.70. The SMILES string of the molecule is Nc1cccc(C(=O)N2CCN(CCNC(=O)OCc3ccccc3)CC2)c1. The zero-order chi connectivity index (χ0) is 19.8. The number of ether oxygens (including phenoxy) is 1. The molecule has 1 saturated heterocycles. The molecule has 2 aromatic rings. The lowest BCUT2D eigenvalue weighted by molar-refractivity contribution is 0.0638. The molecule has 7 nitrogen and oxygen atoms in total. The van der Waals surface area contributed by atoms with Crippen LogP contribution in [0.3, 0.4) is 0 Å². The molecule has 0 radical (unpaired) electrons. The van der Waals surface area contributed by atoms with Gasteiger partial charge in [0, 0.05) is 50.5 Å². The topological polar surface area (TPSA) is 87.9 Å². The molecule has 0 spiro atoms. The monoisotopic (exact) mass is 382 g/mol. The maximum atomic E-state index is 12.5. The average molecular weight is 382 g/mol. The summed E-state index contributed by atoms with van der Waals surface area (Å²) in [5, 5.41) is 2.77. The largest absolute Gasteiger partial charge is 0.445 e. The molecule has 3 N–H and O–H groups in total. The Bertz CT molecular complexity index is 789. The second-order valence-corrected chi connectivity index (χ2v) is 6.75. The fourth-order valence-electron chi connectivity index (χ4n) is 3.12. The lowest BCUT2D eigenvalue weighted by atomic mass is 10.1. The Labute approximate surface area is 165 Å². The number of carbonyl (C=O) groups is 2. The summed E-state index contributed by atoms with van der Waals surface area (Å²) in [5.74, 6) is 0.00886. The first-order valence-corrected chi connectivity index (χ1v) is 9.43. The van der Waals surface area contributed by atoms with Crippen LogP contribution < -0.4 is 11.1 Å². The number of nitrogens with two attached hydrogens (primary N) is 1. The van der Waals surface area contributed by atoms with Crippen molar-refractivity contribution in [1.29, 1.82) is 0 Å². The lowest BCUT2D eigenvalue weighted by Crippen LogP contribution is -2.50. The summed E-state index contributed by atoms with van der Waals surface area (Å²) in [6, 6.07) is 16.6. The molecule has 148 valence electrons. The predicted octanol–water partition coefficient (Wildman–Crippen LogP) is 1.95. The molecule has 2 aromatic carbocycles. The first-order valence-electron chi connectivity index (χ1n) is 9.43. The highest BCUT2D eigenvalue weighted by atomic mass is 16.5. The van der Waals surface area contributed by atoms with Gasteiger partial charge >= 0.3 is 6.09 Å². The molecule has 0 aromatic heterocycles. The maximum absolute atomic E-state index is 12.5. The summed E-state index contributed by atoms with van der Waals surface area (Å²) in [6.07, 6.45) is -0.417. The van der Waals surface area contributed by atoms with E-state index in [4.69, 9.17) is 10.5 Å². The van der Waals surface area contributed by atoms with Crippen molar-refractivity contribution >= 4 is 17.7 Å². The molecule has 1 aliphatic rings. The number of carbonyl (C=O) groups excluding carboxylic acids is 2. The van der Waals surface area contributed by atoms with E-state index in [1.807, 2.05) is 35.2 Å². The van der Waals surface area contributed by atoms with Crippen molar-refractivity contribution in [1.82, 2.24) is 15.1 Å². The number of alkyl carbamates (subject to hydrolysis) is 1. The molecule has 0 unspecified atom stereocenters. The van der Waals surface area contributed by atoms with Crippen molar-refractivity contribution in [2.75, 3.05) is 45.0 Å². The van der Waals surface area contributed by atoms with E-state index >= 15 is 0 Å². The lowest BCUT2D eigenvalue weighted by Gasteiger charge is -2.34. The highest BCUT2D eigenvalue weighted by Gasteiger charge is 2.22. The Hall–Kier alpha value is -3.06. The van der Waals surface area contributed by atoms with Crippen molar-refractivity contribution in [3.05, 3.63) is 65.7 Å². The number of rotatable bonds is 6. The zero-order valence-electron chi connectivity index (χ0n) is 15.8. The summed E-state index contributed by atoms with van der Waals surface area (Å²) in [4.78, 5) is 28.4. The van der Waals surface area contributed by atoms with Crippen molar-refractivity contribution in [3.63, 3.8) is 0 Å². The number of nitrogens with zero attached hydrogens (tertiary/aromatic N) is 2. The van der Waals surface area contributed by atoms with E-state index in [0.29, 0.717) is 30.9 Å². The van der Waals surface area contributed by atoms with Gasteiger partial charge in [0.25, 0.3) is 5.91 Å². The summed E-state index contributed by atoms with van der Waals surface area (Å²) in [7, 11) is 0. The number of hydrogen-bond donors (Lipinski definition) is 2. The standard InChI is InChI=1S/C21H26N4O3/c22-19-8-4-7-18(15-19)20(26)25-13-11-24(12-14-25)10-9-23-21(27)28-16-17-5-2-1-3-6-17/h1-8,15H,9-14,16,22H2,(H,23,27). The van der Waals surface area contributed by atoms with Gasteiger partial charge in [0.15, 0.2) is 0 Å². The number of anilines is 1. The molecule has 0 aliphatic carbocycles. The number of benzene rings is 2. The Morgan fingerprint density at radius 2 is 1.75 bits per heavy atom. The number of nitrogen functional groups attached to an aromatic ring is 1. The molecule has 1 aliphatic heterocycles. The maximum Gasteiger partial charge on any atom is 0.407 e. The molecule has 2 amide bonds. The molecule has 0 bridgehead atoms. The van der Waals surface area contributed by atoms with E-state index in [1.54, 1.807) is 24.3 Å². The van der Waals surface area contributed by atoms with E-state index < -0.39 is 6.09 Å². The summed E-state index contributed by atoms with van der Waals surface area (Å²) in [6.45, 7) is 4.36. The van der Waals surface area contributed by atoms with E-state index in [1.165, 1.54) is 0 Å². The minimum absolute atomic E-state index is 0.00886. The number of amides is 2. The van der Waals surface area contributed by atoms with Gasteiger partial charge in [-0.25, -0.2) is 4.79 Å². The van der Waals surface area contributed by atoms with Crippen molar-refractivity contribution < 1.29 is 14.3 Å².